The van der Waals surface area contributed by atoms with Crippen LogP contribution in [0.5, 0.6) is 5.75 Å². The standard InChI is InChI=1S/C18H19NO8S/c1-24-14-7-3-11(9-16(14)28(22,23)19-12-4-5-12)17(20)26-10-13-6-8-15(27-13)18(21)25-2/h3,6-9,12,19H,4-5,10H2,1-2H3. The topological polar surface area (TPSA) is 121 Å². The first-order valence-corrected chi connectivity index (χ1v) is 9.87. The van der Waals surface area contributed by atoms with Crippen LogP contribution in [0.3, 0.4) is 0 Å². The Bertz CT molecular complexity index is 991. The highest BCUT2D eigenvalue weighted by molar-refractivity contribution is 7.89. The zero-order valence-electron chi connectivity index (χ0n) is 15.3. The third kappa shape index (κ3) is 4.52. The summed E-state index contributed by atoms with van der Waals surface area (Å²) in [6, 6.07) is 6.78. The number of ether oxygens (including phenoxy) is 3. The molecule has 1 heterocycles. The molecule has 0 bridgehead atoms. The van der Waals surface area contributed by atoms with E-state index in [2.05, 4.69) is 9.46 Å². The van der Waals surface area contributed by atoms with Crippen LogP contribution in [0.2, 0.25) is 0 Å². The Morgan fingerprint density at radius 1 is 1.14 bits per heavy atom. The Balaban J connectivity index is 1.73. The molecule has 0 saturated heterocycles. The van der Waals surface area contributed by atoms with Crippen LogP contribution in [0.15, 0.2) is 39.6 Å². The van der Waals surface area contributed by atoms with Crippen molar-refractivity contribution in [2.45, 2.75) is 30.4 Å². The molecule has 28 heavy (non-hydrogen) atoms. The van der Waals surface area contributed by atoms with Crippen LogP contribution in [0.1, 0.15) is 39.5 Å². The summed E-state index contributed by atoms with van der Waals surface area (Å²) in [6.45, 7) is -0.232. The summed E-state index contributed by atoms with van der Waals surface area (Å²) < 4.78 is 47.5. The second-order valence-electron chi connectivity index (χ2n) is 6.09. The van der Waals surface area contributed by atoms with E-state index >= 15 is 0 Å². The molecule has 1 aromatic heterocycles. The third-order valence-electron chi connectivity index (χ3n) is 3.98. The van der Waals surface area contributed by atoms with Gasteiger partial charge in [0.1, 0.15) is 23.0 Å². The molecule has 10 heteroatoms. The molecular formula is C18H19NO8S. The first-order valence-electron chi connectivity index (χ1n) is 8.38. The molecular weight excluding hydrogens is 390 g/mol. The van der Waals surface area contributed by atoms with Gasteiger partial charge in [-0.1, -0.05) is 0 Å². The Kier molecular flexibility index (Phi) is 5.71. The molecule has 1 fully saturated rings. The zero-order chi connectivity index (χ0) is 20.3. The van der Waals surface area contributed by atoms with Crippen molar-refractivity contribution in [2.75, 3.05) is 14.2 Å². The highest BCUT2D eigenvalue weighted by atomic mass is 32.2. The monoisotopic (exact) mass is 409 g/mol. The third-order valence-corrected chi connectivity index (χ3v) is 5.52. The largest absolute Gasteiger partial charge is 0.495 e. The van der Waals surface area contributed by atoms with Crippen molar-refractivity contribution in [3.05, 3.63) is 47.4 Å². The number of rotatable bonds is 8. The average Bonchev–Trinajstić information content (AvgIpc) is 3.36. The van der Waals surface area contributed by atoms with Gasteiger partial charge in [0.15, 0.2) is 0 Å². The lowest BCUT2D eigenvalue weighted by Crippen LogP contribution is -2.26. The molecule has 0 atom stereocenters. The molecule has 0 radical (unpaired) electrons. The van der Waals surface area contributed by atoms with Gasteiger partial charge in [-0.15, -0.1) is 0 Å². The number of carbonyl (C=O) groups is 2. The van der Waals surface area contributed by atoms with Gasteiger partial charge in [0.25, 0.3) is 0 Å². The summed E-state index contributed by atoms with van der Waals surface area (Å²) >= 11 is 0. The molecule has 1 aromatic carbocycles. The van der Waals surface area contributed by atoms with E-state index in [1.807, 2.05) is 0 Å². The summed E-state index contributed by atoms with van der Waals surface area (Å²) in [7, 11) is -1.26. The molecule has 0 spiro atoms. The highest BCUT2D eigenvalue weighted by Gasteiger charge is 2.30. The van der Waals surface area contributed by atoms with Crippen molar-refractivity contribution in [1.82, 2.24) is 4.72 Å². The smallest absolute Gasteiger partial charge is 0.373 e. The van der Waals surface area contributed by atoms with E-state index in [9.17, 15) is 18.0 Å². The predicted molar refractivity (Wildman–Crippen MR) is 95.5 cm³/mol. The molecule has 0 unspecified atom stereocenters. The minimum absolute atomic E-state index is 0.0162. The number of sulfonamides is 1. The number of hydrogen-bond donors (Lipinski definition) is 1. The number of esters is 2. The van der Waals surface area contributed by atoms with E-state index in [1.165, 1.54) is 44.6 Å². The maximum Gasteiger partial charge on any atom is 0.373 e. The fourth-order valence-electron chi connectivity index (χ4n) is 2.38. The van der Waals surface area contributed by atoms with Gasteiger partial charge in [-0.25, -0.2) is 22.7 Å². The Morgan fingerprint density at radius 2 is 1.89 bits per heavy atom. The molecule has 1 aliphatic carbocycles. The number of furan rings is 1. The van der Waals surface area contributed by atoms with Gasteiger partial charge < -0.3 is 18.6 Å². The van der Waals surface area contributed by atoms with Gasteiger partial charge >= 0.3 is 11.9 Å². The predicted octanol–water partition coefficient (Wildman–Crippen LogP) is 1.87. The van der Waals surface area contributed by atoms with Gasteiger partial charge in [0, 0.05) is 6.04 Å². The van der Waals surface area contributed by atoms with Crippen LogP contribution in [0.25, 0.3) is 0 Å². The second-order valence-corrected chi connectivity index (χ2v) is 7.78. The van der Waals surface area contributed by atoms with E-state index in [0.717, 1.165) is 12.8 Å². The first-order chi connectivity index (χ1) is 13.3. The summed E-state index contributed by atoms with van der Waals surface area (Å²) in [5.41, 5.74) is 0.0386. The molecule has 1 saturated carbocycles. The number of nitrogens with one attached hydrogen (secondary N) is 1. The maximum absolute atomic E-state index is 12.5. The van der Waals surface area contributed by atoms with Crippen molar-refractivity contribution in [1.29, 1.82) is 0 Å². The van der Waals surface area contributed by atoms with Crippen LogP contribution in [-0.2, 0) is 26.1 Å². The number of methoxy groups -OCH3 is 2. The van der Waals surface area contributed by atoms with Crippen molar-refractivity contribution >= 4 is 22.0 Å². The van der Waals surface area contributed by atoms with E-state index in [1.54, 1.807) is 0 Å². The summed E-state index contributed by atoms with van der Waals surface area (Å²) in [4.78, 5) is 23.5. The lowest BCUT2D eigenvalue weighted by atomic mass is 10.2. The van der Waals surface area contributed by atoms with Crippen LogP contribution >= 0.6 is 0 Å². The number of hydrogen-bond acceptors (Lipinski definition) is 8. The van der Waals surface area contributed by atoms with Crippen LogP contribution < -0.4 is 9.46 Å². The fourth-order valence-corrected chi connectivity index (χ4v) is 3.88. The Labute approximate surface area is 161 Å². The van der Waals surface area contributed by atoms with Crippen molar-refractivity contribution in [3.63, 3.8) is 0 Å². The Morgan fingerprint density at radius 3 is 2.54 bits per heavy atom. The minimum Gasteiger partial charge on any atom is -0.495 e. The van der Waals surface area contributed by atoms with Crippen molar-refractivity contribution < 1.29 is 36.6 Å². The minimum atomic E-state index is -3.82. The van der Waals surface area contributed by atoms with Gasteiger partial charge in [0.2, 0.25) is 15.8 Å². The van der Waals surface area contributed by atoms with Gasteiger partial charge in [-0.05, 0) is 43.2 Å². The van der Waals surface area contributed by atoms with Crippen LogP contribution in [-0.4, -0.2) is 40.6 Å². The molecule has 9 nitrogen and oxygen atoms in total. The van der Waals surface area contributed by atoms with Gasteiger partial charge in [0.05, 0.1) is 19.8 Å². The fraction of sp³-hybridized carbons (Fsp3) is 0.333. The van der Waals surface area contributed by atoms with Crippen LogP contribution in [0.4, 0.5) is 0 Å². The summed E-state index contributed by atoms with van der Waals surface area (Å²) in [5, 5.41) is 0. The highest BCUT2D eigenvalue weighted by Crippen LogP contribution is 2.28. The Hall–Kier alpha value is -2.85. The van der Waals surface area contributed by atoms with E-state index in [-0.39, 0.29) is 40.4 Å². The van der Waals surface area contributed by atoms with E-state index in [4.69, 9.17) is 13.9 Å². The summed E-state index contributed by atoms with van der Waals surface area (Å²) in [5.74, 6) is -1.05. The van der Waals surface area contributed by atoms with E-state index in [0.29, 0.717) is 0 Å². The summed E-state index contributed by atoms with van der Waals surface area (Å²) in [6.07, 6.45) is 1.56. The lowest BCUT2D eigenvalue weighted by molar-refractivity contribution is 0.0438. The van der Waals surface area contributed by atoms with Gasteiger partial charge in [-0.2, -0.15) is 0 Å². The van der Waals surface area contributed by atoms with Crippen molar-refractivity contribution in [3.8, 4) is 5.75 Å². The average molecular weight is 409 g/mol. The molecule has 1 N–H and O–H groups in total. The normalized spacial score (nSPS) is 13.8. The molecule has 3 rings (SSSR count). The zero-order valence-corrected chi connectivity index (χ0v) is 16.1. The lowest BCUT2D eigenvalue weighted by Gasteiger charge is -2.12. The molecule has 0 amide bonds. The van der Waals surface area contributed by atoms with Crippen LogP contribution in [0, 0.1) is 0 Å². The molecule has 0 aliphatic heterocycles. The van der Waals surface area contributed by atoms with E-state index < -0.39 is 22.0 Å². The first kappa shape index (κ1) is 19.9. The quantitative estimate of drug-likeness (QED) is 0.656. The molecule has 2 aromatic rings. The number of benzene rings is 1. The molecule has 1 aliphatic rings. The maximum atomic E-state index is 12.5. The molecule has 150 valence electrons. The number of carbonyl (C=O) groups excluding carboxylic acids is 2. The SMILES string of the molecule is COC(=O)c1ccc(COC(=O)c2ccc(OC)c(S(=O)(=O)NC3CC3)c2)o1. The van der Waals surface area contributed by atoms with Gasteiger partial charge in [-0.3, -0.25) is 0 Å². The van der Waals surface area contributed by atoms with Crippen molar-refractivity contribution in [2.24, 2.45) is 0 Å². The second kappa shape index (κ2) is 8.03.